The SMILES string of the molecule is Cc1nn(-c2ccccc2)c2sc(C(=O)OCc3cc(=O)n4c(C)cccc4n3)cc12. The standard InChI is InChI=1S/C23H18N4O3S/c1-14-7-6-10-20-24-16(11-21(28)26(14)20)13-30-23(29)19-12-18-15(2)25-27(22(18)31-19)17-8-4-3-5-9-17/h3-12H,13H2,1-2H3. The average molecular weight is 430 g/mol. The minimum atomic E-state index is -0.452. The van der Waals surface area contributed by atoms with Crippen molar-refractivity contribution < 1.29 is 9.53 Å². The number of aryl methyl sites for hydroxylation is 2. The van der Waals surface area contributed by atoms with Crippen molar-refractivity contribution >= 4 is 33.2 Å². The highest BCUT2D eigenvalue weighted by Gasteiger charge is 2.18. The second-order valence-electron chi connectivity index (χ2n) is 7.18. The molecule has 4 aromatic heterocycles. The Kier molecular flexibility index (Phi) is 4.63. The summed E-state index contributed by atoms with van der Waals surface area (Å²) in [5, 5.41) is 5.50. The maximum Gasteiger partial charge on any atom is 0.348 e. The molecule has 0 aliphatic carbocycles. The fraction of sp³-hybridized carbons (Fsp3) is 0.130. The van der Waals surface area contributed by atoms with Crippen molar-refractivity contribution in [2.45, 2.75) is 20.5 Å². The normalized spacial score (nSPS) is 11.3. The summed E-state index contributed by atoms with van der Waals surface area (Å²) < 4.78 is 8.82. The van der Waals surface area contributed by atoms with E-state index < -0.39 is 5.97 Å². The number of fused-ring (bicyclic) bond motifs is 2. The van der Waals surface area contributed by atoms with Crippen LogP contribution in [0.5, 0.6) is 0 Å². The molecule has 5 aromatic rings. The molecule has 0 saturated carbocycles. The van der Waals surface area contributed by atoms with Gasteiger partial charge in [-0.15, -0.1) is 11.3 Å². The number of rotatable bonds is 4. The van der Waals surface area contributed by atoms with Gasteiger partial charge in [0.15, 0.2) is 0 Å². The van der Waals surface area contributed by atoms with Crippen molar-refractivity contribution in [2.75, 3.05) is 0 Å². The van der Waals surface area contributed by atoms with Crippen molar-refractivity contribution in [3.63, 3.8) is 0 Å². The van der Waals surface area contributed by atoms with Crippen LogP contribution in [0.25, 0.3) is 21.6 Å². The Hall–Kier alpha value is -3.78. The molecular weight excluding hydrogens is 412 g/mol. The fourth-order valence-electron chi connectivity index (χ4n) is 3.54. The number of benzene rings is 1. The Morgan fingerprint density at radius 3 is 2.68 bits per heavy atom. The zero-order valence-electron chi connectivity index (χ0n) is 16.9. The number of para-hydroxylation sites is 1. The fourth-order valence-corrected chi connectivity index (χ4v) is 4.62. The lowest BCUT2D eigenvalue weighted by atomic mass is 10.3. The second-order valence-corrected chi connectivity index (χ2v) is 8.22. The highest BCUT2D eigenvalue weighted by Crippen LogP contribution is 2.30. The van der Waals surface area contributed by atoms with E-state index >= 15 is 0 Å². The van der Waals surface area contributed by atoms with Crippen molar-refractivity contribution in [3.8, 4) is 5.69 Å². The first kappa shape index (κ1) is 19.2. The number of esters is 1. The maximum atomic E-state index is 12.7. The summed E-state index contributed by atoms with van der Waals surface area (Å²) in [6.07, 6.45) is 0. The van der Waals surface area contributed by atoms with Gasteiger partial charge in [0.05, 0.1) is 17.1 Å². The van der Waals surface area contributed by atoms with E-state index in [0.29, 0.717) is 16.2 Å². The number of hydrogen-bond donors (Lipinski definition) is 0. The number of carbonyl (C=O) groups excluding carboxylic acids is 1. The molecule has 31 heavy (non-hydrogen) atoms. The summed E-state index contributed by atoms with van der Waals surface area (Å²) in [4.78, 5) is 30.9. The number of ether oxygens (including phenoxy) is 1. The molecule has 0 atom stereocenters. The molecule has 0 unspecified atom stereocenters. The second kappa shape index (κ2) is 7.48. The molecule has 5 rings (SSSR count). The minimum Gasteiger partial charge on any atom is -0.455 e. The van der Waals surface area contributed by atoms with Gasteiger partial charge < -0.3 is 4.74 Å². The van der Waals surface area contributed by atoms with Crippen LogP contribution < -0.4 is 5.56 Å². The molecule has 0 aliphatic rings. The summed E-state index contributed by atoms with van der Waals surface area (Å²) in [6.45, 7) is 3.68. The molecule has 0 N–H and O–H groups in total. The monoisotopic (exact) mass is 430 g/mol. The molecule has 0 aliphatic heterocycles. The van der Waals surface area contributed by atoms with Gasteiger partial charge in [0, 0.05) is 17.1 Å². The van der Waals surface area contributed by atoms with Crippen molar-refractivity contribution in [3.05, 3.63) is 93.0 Å². The number of nitrogens with zero attached hydrogens (tertiary/aromatic N) is 4. The van der Waals surface area contributed by atoms with E-state index in [4.69, 9.17) is 4.74 Å². The van der Waals surface area contributed by atoms with E-state index in [1.54, 1.807) is 12.1 Å². The van der Waals surface area contributed by atoms with Crippen LogP contribution in [-0.2, 0) is 11.3 Å². The zero-order chi connectivity index (χ0) is 21.5. The summed E-state index contributed by atoms with van der Waals surface area (Å²) in [6, 6.07) is 18.4. The summed E-state index contributed by atoms with van der Waals surface area (Å²) in [7, 11) is 0. The van der Waals surface area contributed by atoms with Gasteiger partial charge in [-0.2, -0.15) is 5.10 Å². The highest BCUT2D eigenvalue weighted by molar-refractivity contribution is 7.20. The van der Waals surface area contributed by atoms with E-state index in [1.807, 2.05) is 61.0 Å². The Labute approximate surface area is 181 Å². The topological polar surface area (TPSA) is 78.5 Å². The molecule has 0 fully saturated rings. The van der Waals surface area contributed by atoms with Gasteiger partial charge in [0.2, 0.25) is 0 Å². The van der Waals surface area contributed by atoms with Crippen LogP contribution in [0, 0.1) is 13.8 Å². The molecule has 4 heterocycles. The van der Waals surface area contributed by atoms with E-state index in [0.717, 1.165) is 27.3 Å². The van der Waals surface area contributed by atoms with Crippen molar-refractivity contribution in [2.24, 2.45) is 0 Å². The van der Waals surface area contributed by atoms with Gasteiger partial charge in [0.1, 0.15) is 22.0 Å². The summed E-state index contributed by atoms with van der Waals surface area (Å²) in [5.41, 5.74) is 3.31. The first-order valence-corrected chi connectivity index (χ1v) is 10.5. The smallest absolute Gasteiger partial charge is 0.348 e. The first-order chi connectivity index (χ1) is 15.0. The van der Waals surface area contributed by atoms with Crippen LogP contribution >= 0.6 is 11.3 Å². The quantitative estimate of drug-likeness (QED) is 0.402. The molecule has 0 radical (unpaired) electrons. The summed E-state index contributed by atoms with van der Waals surface area (Å²) >= 11 is 1.33. The Morgan fingerprint density at radius 1 is 1.06 bits per heavy atom. The average Bonchev–Trinajstić information content (AvgIpc) is 3.33. The molecule has 0 spiro atoms. The van der Waals surface area contributed by atoms with Gasteiger partial charge in [-0.1, -0.05) is 24.3 Å². The molecule has 8 heteroatoms. The zero-order valence-corrected chi connectivity index (χ0v) is 17.7. The minimum absolute atomic E-state index is 0.0729. The van der Waals surface area contributed by atoms with Crippen LogP contribution in [0.15, 0.2) is 65.5 Å². The molecule has 0 saturated heterocycles. The van der Waals surface area contributed by atoms with E-state index in [2.05, 4.69) is 10.1 Å². The molecular formula is C23H18N4O3S. The maximum absolute atomic E-state index is 12.7. The number of thiophene rings is 1. The third-order valence-electron chi connectivity index (χ3n) is 5.03. The molecule has 0 bridgehead atoms. The van der Waals surface area contributed by atoms with Gasteiger partial charge >= 0.3 is 5.97 Å². The van der Waals surface area contributed by atoms with Crippen molar-refractivity contribution in [1.82, 2.24) is 19.2 Å². The van der Waals surface area contributed by atoms with Gasteiger partial charge in [-0.25, -0.2) is 14.5 Å². The lowest BCUT2D eigenvalue weighted by Crippen LogP contribution is -2.18. The predicted molar refractivity (Wildman–Crippen MR) is 119 cm³/mol. The largest absolute Gasteiger partial charge is 0.455 e. The summed E-state index contributed by atoms with van der Waals surface area (Å²) in [5.74, 6) is -0.452. The van der Waals surface area contributed by atoms with E-state index in [9.17, 15) is 9.59 Å². The van der Waals surface area contributed by atoms with Crippen LogP contribution in [0.3, 0.4) is 0 Å². The predicted octanol–water partition coefficient (Wildman–Crippen LogP) is 4.07. The van der Waals surface area contributed by atoms with Crippen LogP contribution in [0.1, 0.15) is 26.8 Å². The van der Waals surface area contributed by atoms with Gasteiger partial charge in [-0.05, 0) is 44.2 Å². The number of pyridine rings is 1. The molecule has 154 valence electrons. The van der Waals surface area contributed by atoms with Crippen LogP contribution in [0.2, 0.25) is 0 Å². The molecule has 7 nitrogen and oxygen atoms in total. The Balaban J connectivity index is 1.41. The highest BCUT2D eigenvalue weighted by atomic mass is 32.1. The lowest BCUT2D eigenvalue weighted by Gasteiger charge is -2.07. The molecule has 1 aromatic carbocycles. The van der Waals surface area contributed by atoms with Crippen LogP contribution in [0.4, 0.5) is 0 Å². The number of aromatic nitrogens is 4. The number of hydrogen-bond acceptors (Lipinski definition) is 6. The molecule has 0 amide bonds. The van der Waals surface area contributed by atoms with Crippen LogP contribution in [-0.4, -0.2) is 25.1 Å². The first-order valence-electron chi connectivity index (χ1n) is 9.71. The lowest BCUT2D eigenvalue weighted by molar-refractivity contribution is 0.0473. The third-order valence-corrected chi connectivity index (χ3v) is 6.12. The van der Waals surface area contributed by atoms with Crippen molar-refractivity contribution in [1.29, 1.82) is 0 Å². The van der Waals surface area contributed by atoms with Gasteiger partial charge in [0.25, 0.3) is 5.56 Å². The Bertz CT molecular complexity index is 1500. The van der Waals surface area contributed by atoms with Gasteiger partial charge in [-0.3, -0.25) is 9.20 Å². The third kappa shape index (κ3) is 3.40. The van der Waals surface area contributed by atoms with E-state index in [1.165, 1.54) is 21.8 Å². The van der Waals surface area contributed by atoms with E-state index in [-0.39, 0.29) is 12.2 Å². The number of carbonyl (C=O) groups is 1. The Morgan fingerprint density at radius 2 is 1.87 bits per heavy atom.